The van der Waals surface area contributed by atoms with Crippen molar-refractivity contribution >= 4 is 35.0 Å². The molecule has 8 heteroatoms. The minimum atomic E-state index is -0.761. The number of thiazole rings is 1. The number of esters is 1. The summed E-state index contributed by atoms with van der Waals surface area (Å²) in [5.41, 5.74) is 1.85. The fourth-order valence-corrected chi connectivity index (χ4v) is 4.63. The zero-order valence-corrected chi connectivity index (χ0v) is 18.3. The largest absolute Gasteiger partial charge is 0.463 e. The van der Waals surface area contributed by atoms with Crippen LogP contribution in [-0.4, -0.2) is 17.1 Å². The molecule has 1 aliphatic heterocycles. The molecule has 1 unspecified atom stereocenters. The quantitative estimate of drug-likeness (QED) is 0.564. The van der Waals surface area contributed by atoms with Crippen LogP contribution in [0.15, 0.2) is 69.6 Å². The van der Waals surface area contributed by atoms with E-state index in [-0.39, 0.29) is 17.7 Å². The number of allylic oxidation sites excluding steroid dienone is 1. The molecular formula is C23H18ClFN2O3S. The smallest absolute Gasteiger partial charge is 0.338 e. The molecule has 0 amide bonds. The third-order valence-electron chi connectivity index (χ3n) is 4.87. The van der Waals surface area contributed by atoms with Gasteiger partial charge in [0.25, 0.3) is 5.56 Å². The lowest BCUT2D eigenvalue weighted by molar-refractivity contribution is -0.139. The van der Waals surface area contributed by atoms with E-state index in [0.717, 1.165) is 5.56 Å². The predicted molar refractivity (Wildman–Crippen MR) is 118 cm³/mol. The highest BCUT2D eigenvalue weighted by molar-refractivity contribution is 7.07. The van der Waals surface area contributed by atoms with Crippen LogP contribution in [0.5, 0.6) is 0 Å². The van der Waals surface area contributed by atoms with Crippen molar-refractivity contribution in [3.05, 3.63) is 101 Å². The van der Waals surface area contributed by atoms with Crippen LogP contribution in [0.1, 0.15) is 31.0 Å². The molecule has 1 aromatic heterocycles. The van der Waals surface area contributed by atoms with Crippen molar-refractivity contribution in [1.29, 1.82) is 0 Å². The second-order valence-electron chi connectivity index (χ2n) is 6.91. The van der Waals surface area contributed by atoms with Crippen LogP contribution in [0.4, 0.5) is 4.39 Å². The Labute approximate surface area is 186 Å². The second kappa shape index (κ2) is 8.61. The molecule has 2 heterocycles. The van der Waals surface area contributed by atoms with Crippen LogP contribution >= 0.6 is 22.9 Å². The highest BCUT2D eigenvalue weighted by Crippen LogP contribution is 2.30. The third-order valence-corrected chi connectivity index (χ3v) is 6.11. The molecular weight excluding hydrogens is 439 g/mol. The summed E-state index contributed by atoms with van der Waals surface area (Å²) in [5.74, 6) is -0.956. The molecule has 0 saturated carbocycles. The van der Waals surface area contributed by atoms with Gasteiger partial charge in [-0.1, -0.05) is 47.2 Å². The van der Waals surface area contributed by atoms with E-state index in [4.69, 9.17) is 16.3 Å². The molecule has 1 atom stereocenters. The van der Waals surface area contributed by atoms with Gasteiger partial charge in [-0.15, -0.1) is 0 Å². The molecule has 1 aliphatic rings. The first-order valence-corrected chi connectivity index (χ1v) is 10.8. The Morgan fingerprint density at radius 1 is 1.23 bits per heavy atom. The Balaban J connectivity index is 1.94. The maximum absolute atomic E-state index is 13.6. The Morgan fingerprint density at radius 3 is 2.55 bits per heavy atom. The number of aromatic nitrogens is 1. The van der Waals surface area contributed by atoms with Gasteiger partial charge >= 0.3 is 5.97 Å². The lowest BCUT2D eigenvalue weighted by atomic mass is 9.96. The van der Waals surface area contributed by atoms with Crippen LogP contribution in [0, 0.1) is 5.82 Å². The van der Waals surface area contributed by atoms with E-state index in [1.807, 2.05) is 12.1 Å². The summed E-state index contributed by atoms with van der Waals surface area (Å²) in [6.45, 7) is 3.60. The van der Waals surface area contributed by atoms with Crippen molar-refractivity contribution in [3.8, 4) is 0 Å². The minimum Gasteiger partial charge on any atom is -0.463 e. The Morgan fingerprint density at radius 2 is 1.90 bits per heavy atom. The van der Waals surface area contributed by atoms with Crippen LogP contribution in [0.3, 0.4) is 0 Å². The Kier molecular flexibility index (Phi) is 5.89. The molecule has 0 radical (unpaired) electrons. The normalized spacial score (nSPS) is 16.1. The molecule has 31 heavy (non-hydrogen) atoms. The maximum Gasteiger partial charge on any atom is 0.338 e. The van der Waals surface area contributed by atoms with Gasteiger partial charge in [-0.05, 0) is 55.3 Å². The van der Waals surface area contributed by atoms with E-state index < -0.39 is 17.8 Å². The number of ether oxygens (including phenoxy) is 1. The van der Waals surface area contributed by atoms with Gasteiger partial charge in [-0.2, -0.15) is 0 Å². The molecule has 0 aliphatic carbocycles. The predicted octanol–water partition coefficient (Wildman–Crippen LogP) is 3.59. The molecule has 0 N–H and O–H groups in total. The van der Waals surface area contributed by atoms with E-state index in [0.29, 0.717) is 25.6 Å². The van der Waals surface area contributed by atoms with Gasteiger partial charge < -0.3 is 4.74 Å². The summed E-state index contributed by atoms with van der Waals surface area (Å²) < 4.78 is 20.7. The van der Waals surface area contributed by atoms with Gasteiger partial charge in [0.15, 0.2) is 4.80 Å². The molecule has 0 spiro atoms. The zero-order chi connectivity index (χ0) is 22.1. The van der Waals surface area contributed by atoms with Crippen molar-refractivity contribution < 1.29 is 13.9 Å². The van der Waals surface area contributed by atoms with E-state index in [2.05, 4.69) is 4.99 Å². The van der Waals surface area contributed by atoms with Crippen molar-refractivity contribution in [3.63, 3.8) is 0 Å². The number of carbonyl (C=O) groups is 1. The van der Waals surface area contributed by atoms with Crippen molar-refractivity contribution in [1.82, 2.24) is 4.57 Å². The lowest BCUT2D eigenvalue weighted by Crippen LogP contribution is -2.39. The van der Waals surface area contributed by atoms with E-state index in [9.17, 15) is 14.0 Å². The first-order valence-electron chi connectivity index (χ1n) is 9.59. The minimum absolute atomic E-state index is 0.187. The van der Waals surface area contributed by atoms with Gasteiger partial charge in [-0.3, -0.25) is 9.36 Å². The summed E-state index contributed by atoms with van der Waals surface area (Å²) in [4.78, 5) is 31.1. The molecule has 158 valence electrons. The number of halogens is 2. The van der Waals surface area contributed by atoms with Gasteiger partial charge in [0.1, 0.15) is 5.82 Å². The number of rotatable bonds is 4. The third kappa shape index (κ3) is 4.11. The number of benzene rings is 2. The van der Waals surface area contributed by atoms with Gasteiger partial charge in [-0.25, -0.2) is 14.2 Å². The highest BCUT2D eigenvalue weighted by atomic mass is 35.5. The monoisotopic (exact) mass is 456 g/mol. The van der Waals surface area contributed by atoms with Crippen LogP contribution in [-0.2, 0) is 9.53 Å². The molecule has 2 aromatic carbocycles. The fourth-order valence-electron chi connectivity index (χ4n) is 3.46. The Hall–Kier alpha value is -3.03. The van der Waals surface area contributed by atoms with Crippen molar-refractivity contribution in [2.75, 3.05) is 6.61 Å². The van der Waals surface area contributed by atoms with E-state index in [1.54, 1.807) is 44.2 Å². The average molecular weight is 457 g/mol. The van der Waals surface area contributed by atoms with Crippen LogP contribution in [0.25, 0.3) is 6.08 Å². The summed E-state index contributed by atoms with van der Waals surface area (Å²) in [7, 11) is 0. The van der Waals surface area contributed by atoms with E-state index in [1.165, 1.54) is 28.0 Å². The van der Waals surface area contributed by atoms with Gasteiger partial charge in [0, 0.05) is 5.02 Å². The summed E-state index contributed by atoms with van der Waals surface area (Å²) in [6.07, 6.45) is 1.76. The zero-order valence-electron chi connectivity index (χ0n) is 16.8. The summed E-state index contributed by atoms with van der Waals surface area (Å²) in [6, 6.07) is 12.1. The summed E-state index contributed by atoms with van der Waals surface area (Å²) in [5, 5.41) is 0.602. The topological polar surface area (TPSA) is 60.7 Å². The molecule has 5 nitrogen and oxygen atoms in total. The Bertz CT molecular complexity index is 1360. The number of carbonyl (C=O) groups excluding carboxylic acids is 1. The number of fused-ring (bicyclic) bond motifs is 1. The first-order chi connectivity index (χ1) is 14.9. The van der Waals surface area contributed by atoms with Gasteiger partial charge in [0.2, 0.25) is 0 Å². The van der Waals surface area contributed by atoms with Crippen LogP contribution in [0.2, 0.25) is 5.02 Å². The van der Waals surface area contributed by atoms with Crippen molar-refractivity contribution in [2.45, 2.75) is 19.9 Å². The van der Waals surface area contributed by atoms with E-state index >= 15 is 0 Å². The fraction of sp³-hybridized carbons (Fsp3) is 0.174. The summed E-state index contributed by atoms with van der Waals surface area (Å²) >= 11 is 7.17. The average Bonchev–Trinajstić information content (AvgIpc) is 3.04. The maximum atomic E-state index is 13.6. The number of hydrogen-bond acceptors (Lipinski definition) is 5. The lowest BCUT2D eigenvalue weighted by Gasteiger charge is -2.24. The van der Waals surface area contributed by atoms with Gasteiger partial charge in [0.05, 0.1) is 28.5 Å². The van der Waals surface area contributed by atoms with Crippen molar-refractivity contribution in [2.24, 2.45) is 4.99 Å². The molecule has 0 bridgehead atoms. The molecule has 0 fully saturated rings. The number of nitrogens with zero attached hydrogens (tertiary/aromatic N) is 2. The molecule has 0 saturated heterocycles. The SMILES string of the molecule is CCOC(=O)C1=C(C)N=c2s/c(=C\c3ccc(Cl)cc3)c(=O)n2C1c1ccc(F)cc1. The standard InChI is InChI=1S/C23H18ClFN2O3S/c1-3-30-22(29)19-13(2)26-23-27(20(19)15-6-10-17(25)11-7-15)21(28)18(31-23)12-14-4-8-16(24)9-5-14/h4-12,20H,3H2,1-2H3/b18-12-. The second-order valence-corrected chi connectivity index (χ2v) is 8.35. The highest BCUT2D eigenvalue weighted by Gasteiger charge is 2.33. The molecule has 4 rings (SSSR count). The molecule has 3 aromatic rings. The first kappa shape index (κ1) is 21.2. The van der Waals surface area contributed by atoms with Crippen LogP contribution < -0.4 is 14.9 Å². The number of hydrogen-bond donors (Lipinski definition) is 0.